The third-order valence-corrected chi connectivity index (χ3v) is 5.98. The minimum Gasteiger partial charge on any atom is -0.371 e. The van der Waals surface area contributed by atoms with Crippen LogP contribution >= 0.6 is 0 Å². The highest BCUT2D eigenvalue weighted by Crippen LogP contribution is 2.26. The number of hydrogen-bond acceptors (Lipinski definition) is 3. The lowest BCUT2D eigenvalue weighted by atomic mass is 10.1. The van der Waals surface area contributed by atoms with Crippen molar-refractivity contribution in [3.8, 4) is 0 Å². The third-order valence-electron chi connectivity index (χ3n) is 4.50. The second-order valence-corrected chi connectivity index (χ2v) is 8.26. The lowest BCUT2D eigenvalue weighted by Gasteiger charge is -2.23. The van der Waals surface area contributed by atoms with Crippen LogP contribution in [0, 0.1) is 0 Å². The smallest absolute Gasteiger partial charge is 0.236 e. The molecule has 0 saturated carbocycles. The van der Waals surface area contributed by atoms with Gasteiger partial charge in [0.2, 0.25) is 10.0 Å². The zero-order valence-electron chi connectivity index (χ0n) is 14.5. The molecule has 1 heterocycles. The van der Waals surface area contributed by atoms with Crippen molar-refractivity contribution in [2.24, 2.45) is 0 Å². The van der Waals surface area contributed by atoms with Gasteiger partial charge in [0.15, 0.2) is 0 Å². The van der Waals surface area contributed by atoms with Gasteiger partial charge in [-0.05, 0) is 36.1 Å². The molecule has 25 heavy (non-hydrogen) atoms. The quantitative estimate of drug-likeness (QED) is 0.792. The number of sulfonamides is 1. The third kappa shape index (κ3) is 4.50. The maximum Gasteiger partial charge on any atom is 0.236 e. The van der Waals surface area contributed by atoms with Crippen LogP contribution in [0.5, 0.6) is 0 Å². The van der Waals surface area contributed by atoms with Gasteiger partial charge in [-0.15, -0.1) is 0 Å². The van der Waals surface area contributed by atoms with Crippen molar-refractivity contribution in [3.05, 3.63) is 71.1 Å². The average molecular weight is 356 g/mol. The predicted molar refractivity (Wildman–Crippen MR) is 104 cm³/mol. The predicted octanol–water partition coefficient (Wildman–Crippen LogP) is 3.72. The van der Waals surface area contributed by atoms with Crippen molar-refractivity contribution in [1.82, 2.24) is 4.31 Å². The molecule has 1 saturated heterocycles. The van der Waals surface area contributed by atoms with E-state index in [0.29, 0.717) is 6.54 Å². The van der Waals surface area contributed by atoms with Crippen molar-refractivity contribution in [2.45, 2.75) is 19.4 Å². The fourth-order valence-corrected chi connectivity index (χ4v) is 3.93. The van der Waals surface area contributed by atoms with Gasteiger partial charge in [0.1, 0.15) is 0 Å². The van der Waals surface area contributed by atoms with Gasteiger partial charge in [-0.1, -0.05) is 48.5 Å². The van der Waals surface area contributed by atoms with E-state index in [2.05, 4.69) is 11.0 Å². The molecule has 2 aromatic rings. The van der Waals surface area contributed by atoms with E-state index < -0.39 is 10.0 Å². The molecule has 0 spiro atoms. The monoisotopic (exact) mass is 356 g/mol. The summed E-state index contributed by atoms with van der Waals surface area (Å²) in [5.74, 6) is 0. The Morgan fingerprint density at radius 1 is 1.00 bits per heavy atom. The van der Waals surface area contributed by atoms with Crippen LogP contribution in [-0.4, -0.2) is 32.9 Å². The topological polar surface area (TPSA) is 40.6 Å². The summed E-state index contributed by atoms with van der Waals surface area (Å²) in [4.78, 5) is 2.34. The summed E-state index contributed by atoms with van der Waals surface area (Å²) in [6.45, 7) is 2.46. The molecule has 1 fully saturated rings. The Balaban J connectivity index is 1.75. The number of nitrogens with zero attached hydrogens (tertiary/aromatic N) is 2. The molecule has 3 rings (SSSR count). The number of rotatable bonds is 6. The van der Waals surface area contributed by atoms with E-state index in [1.807, 2.05) is 48.5 Å². The van der Waals surface area contributed by atoms with Crippen molar-refractivity contribution >= 4 is 21.8 Å². The van der Waals surface area contributed by atoms with Crippen LogP contribution < -0.4 is 4.90 Å². The van der Waals surface area contributed by atoms with E-state index in [1.165, 1.54) is 22.6 Å². The molecule has 0 bridgehead atoms. The van der Waals surface area contributed by atoms with Gasteiger partial charge in [0.05, 0.1) is 0 Å². The zero-order chi connectivity index (χ0) is 17.7. The number of hydrogen-bond donors (Lipinski definition) is 0. The highest BCUT2D eigenvalue weighted by molar-refractivity contribution is 7.92. The van der Waals surface area contributed by atoms with Crippen LogP contribution in [0.4, 0.5) is 5.69 Å². The fraction of sp³-hybridized carbons (Fsp3) is 0.300. The van der Waals surface area contributed by atoms with Crippen molar-refractivity contribution < 1.29 is 8.42 Å². The van der Waals surface area contributed by atoms with E-state index in [1.54, 1.807) is 13.1 Å². The Morgan fingerprint density at radius 3 is 2.36 bits per heavy atom. The molecule has 1 aliphatic heterocycles. The van der Waals surface area contributed by atoms with E-state index in [9.17, 15) is 8.42 Å². The molecule has 0 unspecified atom stereocenters. The van der Waals surface area contributed by atoms with Gasteiger partial charge in [0.25, 0.3) is 0 Å². The van der Waals surface area contributed by atoms with Gasteiger partial charge < -0.3 is 4.90 Å². The zero-order valence-corrected chi connectivity index (χ0v) is 15.3. The Kier molecular flexibility index (Phi) is 5.56. The molecule has 0 aromatic heterocycles. The Morgan fingerprint density at radius 2 is 1.64 bits per heavy atom. The van der Waals surface area contributed by atoms with Crippen LogP contribution in [0.25, 0.3) is 6.08 Å². The van der Waals surface area contributed by atoms with E-state index in [4.69, 9.17) is 0 Å². The standard InChI is InChI=1S/C20H24N2O2S/c1-21(25(23,24)16-13-18-9-3-2-4-10-18)17-19-11-5-6-12-20(19)22-14-7-8-15-22/h2-6,9-13,16H,7-8,14-15,17H2,1H3/b16-13+. The summed E-state index contributed by atoms with van der Waals surface area (Å²) in [5.41, 5.74) is 3.06. The van der Waals surface area contributed by atoms with Crippen LogP contribution in [0.3, 0.4) is 0 Å². The van der Waals surface area contributed by atoms with E-state index in [-0.39, 0.29) is 0 Å². The second kappa shape index (κ2) is 7.85. The lowest BCUT2D eigenvalue weighted by Crippen LogP contribution is -2.26. The first-order valence-corrected chi connectivity index (χ1v) is 10.1. The minimum absolute atomic E-state index is 0.369. The summed E-state index contributed by atoms with van der Waals surface area (Å²) >= 11 is 0. The molecular weight excluding hydrogens is 332 g/mol. The molecule has 4 nitrogen and oxygen atoms in total. The van der Waals surface area contributed by atoms with Gasteiger partial charge in [-0.3, -0.25) is 0 Å². The maximum absolute atomic E-state index is 12.6. The highest BCUT2D eigenvalue weighted by Gasteiger charge is 2.19. The number of anilines is 1. The fourth-order valence-electron chi connectivity index (χ4n) is 3.07. The van der Waals surface area contributed by atoms with Gasteiger partial charge in [-0.25, -0.2) is 8.42 Å². The lowest BCUT2D eigenvalue weighted by molar-refractivity contribution is 0.475. The maximum atomic E-state index is 12.6. The molecular formula is C20H24N2O2S. The SMILES string of the molecule is CN(Cc1ccccc1N1CCCC1)S(=O)(=O)/C=C/c1ccccc1. The summed E-state index contributed by atoms with van der Waals surface area (Å²) in [6, 6.07) is 17.5. The molecule has 132 valence electrons. The molecule has 1 aliphatic rings. The number of benzene rings is 2. The van der Waals surface area contributed by atoms with Crippen molar-refractivity contribution in [1.29, 1.82) is 0 Å². The van der Waals surface area contributed by atoms with Gasteiger partial charge in [-0.2, -0.15) is 4.31 Å². The average Bonchev–Trinajstić information content (AvgIpc) is 3.16. The first-order chi connectivity index (χ1) is 12.1. The van der Waals surface area contributed by atoms with Crippen molar-refractivity contribution in [3.63, 3.8) is 0 Å². The van der Waals surface area contributed by atoms with Crippen LogP contribution in [0.15, 0.2) is 60.0 Å². The first kappa shape index (κ1) is 17.7. The molecule has 5 heteroatoms. The first-order valence-electron chi connectivity index (χ1n) is 8.58. The summed E-state index contributed by atoms with van der Waals surface area (Å²) < 4.78 is 26.5. The summed E-state index contributed by atoms with van der Waals surface area (Å²) in [6.07, 6.45) is 4.03. The van der Waals surface area contributed by atoms with Crippen LogP contribution in [0.2, 0.25) is 0 Å². The Bertz CT molecular complexity index is 826. The van der Waals surface area contributed by atoms with Crippen LogP contribution in [-0.2, 0) is 16.6 Å². The largest absolute Gasteiger partial charge is 0.371 e. The van der Waals surface area contributed by atoms with E-state index in [0.717, 1.165) is 29.9 Å². The van der Waals surface area contributed by atoms with Gasteiger partial charge >= 0.3 is 0 Å². The molecule has 0 aliphatic carbocycles. The summed E-state index contributed by atoms with van der Waals surface area (Å²) in [7, 11) is -1.83. The van der Waals surface area contributed by atoms with Gasteiger partial charge in [0, 0.05) is 37.8 Å². The Hall–Kier alpha value is -2.11. The minimum atomic E-state index is -3.46. The molecule has 0 atom stereocenters. The summed E-state index contributed by atoms with van der Waals surface area (Å²) in [5, 5.41) is 1.28. The highest BCUT2D eigenvalue weighted by atomic mass is 32.2. The molecule has 0 N–H and O–H groups in total. The molecule has 0 radical (unpaired) electrons. The van der Waals surface area contributed by atoms with Crippen molar-refractivity contribution in [2.75, 3.05) is 25.0 Å². The Labute approximate surface area is 150 Å². The van der Waals surface area contributed by atoms with E-state index >= 15 is 0 Å². The molecule has 2 aromatic carbocycles. The van der Waals surface area contributed by atoms with Crippen LogP contribution in [0.1, 0.15) is 24.0 Å². The normalized spacial score (nSPS) is 15.4. The second-order valence-electron chi connectivity index (χ2n) is 6.34. The molecule has 0 amide bonds. The number of para-hydroxylation sites is 1.